The molecule has 1 saturated carbocycles. The Morgan fingerprint density at radius 1 is 1.42 bits per heavy atom. The summed E-state index contributed by atoms with van der Waals surface area (Å²) in [5.41, 5.74) is 2.43. The van der Waals surface area contributed by atoms with Gasteiger partial charge in [-0.05, 0) is 31.8 Å². The zero-order valence-corrected chi connectivity index (χ0v) is 7.76. The van der Waals surface area contributed by atoms with Crippen LogP contribution in [0.15, 0.2) is 11.1 Å². The summed E-state index contributed by atoms with van der Waals surface area (Å²) in [7, 11) is 1.93. The molecular weight excluding hydrogens is 150 g/mol. The van der Waals surface area contributed by atoms with Crippen molar-refractivity contribution < 1.29 is 4.79 Å². The van der Waals surface area contributed by atoms with Crippen molar-refractivity contribution in [3.05, 3.63) is 11.1 Å². The number of hydrogen-bond acceptors (Lipinski definition) is 1. The van der Waals surface area contributed by atoms with E-state index in [1.807, 2.05) is 18.9 Å². The van der Waals surface area contributed by atoms with E-state index in [-0.39, 0.29) is 5.91 Å². The van der Waals surface area contributed by atoms with E-state index in [9.17, 15) is 4.79 Å². The Morgan fingerprint density at radius 2 is 2.17 bits per heavy atom. The SMILES string of the molecule is CC1=C2CCCCC2N(C)C1=O. The molecule has 0 saturated heterocycles. The largest absolute Gasteiger partial charge is 0.335 e. The van der Waals surface area contributed by atoms with Gasteiger partial charge >= 0.3 is 0 Å². The van der Waals surface area contributed by atoms with Crippen molar-refractivity contribution in [2.75, 3.05) is 7.05 Å². The van der Waals surface area contributed by atoms with Gasteiger partial charge in [0.1, 0.15) is 0 Å². The van der Waals surface area contributed by atoms with E-state index in [0.717, 1.165) is 12.0 Å². The lowest BCUT2D eigenvalue weighted by molar-refractivity contribution is -0.125. The van der Waals surface area contributed by atoms with E-state index in [0.29, 0.717) is 6.04 Å². The molecule has 0 radical (unpaired) electrons. The van der Waals surface area contributed by atoms with E-state index in [4.69, 9.17) is 0 Å². The predicted octanol–water partition coefficient (Wildman–Crippen LogP) is 1.72. The lowest BCUT2D eigenvalue weighted by Crippen LogP contribution is -2.32. The molecule has 2 aliphatic rings. The summed E-state index contributed by atoms with van der Waals surface area (Å²) in [4.78, 5) is 13.4. The minimum Gasteiger partial charge on any atom is -0.335 e. The molecule has 2 nitrogen and oxygen atoms in total. The fraction of sp³-hybridized carbons (Fsp3) is 0.700. The van der Waals surface area contributed by atoms with Crippen molar-refractivity contribution in [3.8, 4) is 0 Å². The quantitative estimate of drug-likeness (QED) is 0.535. The number of carbonyl (C=O) groups is 1. The third-order valence-electron chi connectivity index (χ3n) is 3.17. The maximum atomic E-state index is 11.5. The molecule has 2 heteroatoms. The van der Waals surface area contributed by atoms with Gasteiger partial charge in [0.05, 0.1) is 6.04 Å². The average molecular weight is 165 g/mol. The predicted molar refractivity (Wildman–Crippen MR) is 47.7 cm³/mol. The molecule has 0 aromatic rings. The maximum Gasteiger partial charge on any atom is 0.249 e. The van der Waals surface area contributed by atoms with Crippen LogP contribution in [0.4, 0.5) is 0 Å². The molecule has 12 heavy (non-hydrogen) atoms. The second-order valence-electron chi connectivity index (χ2n) is 3.83. The highest BCUT2D eigenvalue weighted by atomic mass is 16.2. The first-order valence-corrected chi connectivity index (χ1v) is 4.68. The van der Waals surface area contributed by atoms with Crippen LogP contribution in [0.1, 0.15) is 32.6 Å². The molecular formula is C10H15NO. The zero-order valence-electron chi connectivity index (χ0n) is 7.76. The van der Waals surface area contributed by atoms with Gasteiger partial charge < -0.3 is 4.90 Å². The van der Waals surface area contributed by atoms with E-state index in [2.05, 4.69) is 0 Å². The number of carbonyl (C=O) groups excluding carboxylic acids is 1. The van der Waals surface area contributed by atoms with Gasteiger partial charge in [-0.2, -0.15) is 0 Å². The average Bonchev–Trinajstić information content (AvgIpc) is 2.33. The second kappa shape index (κ2) is 2.61. The fourth-order valence-corrected chi connectivity index (χ4v) is 2.40. The molecule has 0 N–H and O–H groups in total. The summed E-state index contributed by atoms with van der Waals surface area (Å²) in [6.45, 7) is 1.97. The molecule has 0 aromatic carbocycles. The molecule has 0 bridgehead atoms. The van der Waals surface area contributed by atoms with Gasteiger partial charge in [0.25, 0.3) is 0 Å². The third-order valence-corrected chi connectivity index (χ3v) is 3.17. The number of amides is 1. The summed E-state index contributed by atoms with van der Waals surface area (Å²) in [5, 5.41) is 0. The minimum atomic E-state index is 0.247. The first-order chi connectivity index (χ1) is 5.72. The zero-order chi connectivity index (χ0) is 8.72. The second-order valence-corrected chi connectivity index (χ2v) is 3.83. The highest BCUT2D eigenvalue weighted by molar-refractivity contribution is 5.97. The van der Waals surface area contributed by atoms with Crippen molar-refractivity contribution in [3.63, 3.8) is 0 Å². The van der Waals surface area contributed by atoms with Crippen molar-refractivity contribution in [1.29, 1.82) is 0 Å². The van der Waals surface area contributed by atoms with Gasteiger partial charge in [-0.1, -0.05) is 6.42 Å². The molecule has 1 amide bonds. The van der Waals surface area contributed by atoms with Gasteiger partial charge in [-0.3, -0.25) is 4.79 Å². The van der Waals surface area contributed by atoms with E-state index in [1.165, 1.54) is 24.8 Å². The van der Waals surface area contributed by atoms with Crippen molar-refractivity contribution in [1.82, 2.24) is 4.90 Å². The summed E-state index contributed by atoms with van der Waals surface area (Å²) in [5.74, 6) is 0.247. The fourth-order valence-electron chi connectivity index (χ4n) is 2.40. The smallest absolute Gasteiger partial charge is 0.249 e. The molecule has 1 heterocycles. The summed E-state index contributed by atoms with van der Waals surface area (Å²) in [6.07, 6.45) is 4.87. The lowest BCUT2D eigenvalue weighted by Gasteiger charge is -2.26. The first kappa shape index (κ1) is 7.84. The van der Waals surface area contributed by atoms with Crippen LogP contribution in [-0.4, -0.2) is 23.9 Å². The van der Waals surface area contributed by atoms with Crippen LogP contribution in [0, 0.1) is 0 Å². The number of fused-ring (bicyclic) bond motifs is 1. The van der Waals surface area contributed by atoms with Gasteiger partial charge in [0.2, 0.25) is 5.91 Å². The molecule has 66 valence electrons. The highest BCUT2D eigenvalue weighted by Crippen LogP contribution is 2.35. The number of rotatable bonds is 0. The Labute approximate surface area is 73.2 Å². The van der Waals surface area contributed by atoms with E-state index >= 15 is 0 Å². The van der Waals surface area contributed by atoms with Crippen LogP contribution in [0.25, 0.3) is 0 Å². The van der Waals surface area contributed by atoms with Gasteiger partial charge in [0.15, 0.2) is 0 Å². The van der Waals surface area contributed by atoms with E-state index < -0.39 is 0 Å². The van der Waals surface area contributed by atoms with Crippen LogP contribution in [0.5, 0.6) is 0 Å². The Kier molecular flexibility index (Phi) is 1.71. The molecule has 0 aromatic heterocycles. The number of hydrogen-bond donors (Lipinski definition) is 0. The van der Waals surface area contributed by atoms with Crippen LogP contribution in [0.3, 0.4) is 0 Å². The monoisotopic (exact) mass is 165 g/mol. The molecule has 0 spiro atoms. The molecule has 1 aliphatic heterocycles. The minimum absolute atomic E-state index is 0.247. The standard InChI is InChI=1S/C10H15NO/c1-7-8-5-3-4-6-9(8)11(2)10(7)12/h9H,3-6H2,1-2H3. The molecule has 1 atom stereocenters. The molecule has 1 unspecified atom stereocenters. The van der Waals surface area contributed by atoms with Crippen LogP contribution in [0.2, 0.25) is 0 Å². The number of nitrogens with zero attached hydrogens (tertiary/aromatic N) is 1. The normalized spacial score (nSPS) is 29.7. The third kappa shape index (κ3) is 0.904. The van der Waals surface area contributed by atoms with Crippen LogP contribution < -0.4 is 0 Å². The summed E-state index contributed by atoms with van der Waals surface area (Å²) < 4.78 is 0. The molecule has 2 rings (SSSR count). The number of likely N-dealkylation sites (N-methyl/N-ethyl adjacent to an activating group) is 1. The van der Waals surface area contributed by atoms with Gasteiger partial charge in [-0.25, -0.2) is 0 Å². The summed E-state index contributed by atoms with van der Waals surface area (Å²) in [6, 6.07) is 0.450. The molecule has 1 aliphatic carbocycles. The first-order valence-electron chi connectivity index (χ1n) is 4.68. The Morgan fingerprint density at radius 3 is 2.83 bits per heavy atom. The summed E-state index contributed by atoms with van der Waals surface area (Å²) >= 11 is 0. The maximum absolute atomic E-state index is 11.5. The van der Waals surface area contributed by atoms with Crippen molar-refractivity contribution >= 4 is 5.91 Å². The Hall–Kier alpha value is -0.790. The van der Waals surface area contributed by atoms with E-state index in [1.54, 1.807) is 0 Å². The topological polar surface area (TPSA) is 20.3 Å². The van der Waals surface area contributed by atoms with Crippen molar-refractivity contribution in [2.24, 2.45) is 0 Å². The molecule has 1 fully saturated rings. The highest BCUT2D eigenvalue weighted by Gasteiger charge is 2.35. The van der Waals surface area contributed by atoms with Crippen LogP contribution >= 0.6 is 0 Å². The Balaban J connectivity index is 2.33. The van der Waals surface area contributed by atoms with Crippen LogP contribution in [-0.2, 0) is 4.79 Å². The van der Waals surface area contributed by atoms with Gasteiger partial charge in [-0.15, -0.1) is 0 Å². The lowest BCUT2D eigenvalue weighted by atomic mass is 9.89. The van der Waals surface area contributed by atoms with Gasteiger partial charge in [0, 0.05) is 12.6 Å². The Bertz CT molecular complexity index is 255. The van der Waals surface area contributed by atoms with Crippen molar-refractivity contribution in [2.45, 2.75) is 38.6 Å².